The third-order valence-electron chi connectivity index (χ3n) is 14.3. The first-order valence-corrected chi connectivity index (χ1v) is 25.2. The van der Waals surface area contributed by atoms with Crippen molar-refractivity contribution in [3.05, 3.63) is 260 Å². The van der Waals surface area contributed by atoms with Gasteiger partial charge in [0.15, 0.2) is 0 Å². The van der Waals surface area contributed by atoms with Crippen molar-refractivity contribution in [1.82, 2.24) is 34.1 Å². The Morgan fingerprint density at radius 3 is 1.04 bits per heavy atom. The highest BCUT2D eigenvalue weighted by molar-refractivity contribution is 6.10. The average molecular weight is 1020 g/mol. The molecule has 11 heteroatoms. The third-order valence-corrected chi connectivity index (χ3v) is 14.3. The molecule has 0 bridgehead atoms. The van der Waals surface area contributed by atoms with Crippen LogP contribution < -0.4 is 0 Å². The van der Waals surface area contributed by atoms with E-state index in [0.717, 1.165) is 78.1 Å². The van der Waals surface area contributed by atoms with Gasteiger partial charge in [-0.25, -0.2) is 27.5 Å². The minimum absolute atomic E-state index is 0.384. The Morgan fingerprint density at radius 1 is 0.244 bits per heavy atom. The number of nitrogens with zero attached hydrogens (tertiary/aromatic N) is 7. The van der Waals surface area contributed by atoms with E-state index in [-0.39, 0.29) is 23.3 Å². The van der Waals surface area contributed by atoms with Crippen LogP contribution in [0, 0.1) is 23.3 Å². The SMILES string of the molecule is Fc1ccc2c(c1)c1cc(F)ccc1n2-c1ccc(-c2cc(-c3ccccc3)nc(-c3cc(-c4ccnc(-c5cc(-c6ccc(-n7c8ccc(F)cc8c8cc(F)ccc87)cc6)cc(-c6ccccn6)n5)c4)ccn3)c2)cc1. The van der Waals surface area contributed by atoms with Gasteiger partial charge in [-0.3, -0.25) is 15.0 Å². The first-order chi connectivity index (χ1) is 38.2. The van der Waals surface area contributed by atoms with Gasteiger partial charge in [0.25, 0.3) is 0 Å². The summed E-state index contributed by atoms with van der Waals surface area (Å²) in [4.78, 5) is 24.7. The van der Waals surface area contributed by atoms with Crippen LogP contribution in [0.2, 0.25) is 0 Å². The Hall–Kier alpha value is -10.4. The Labute approximate surface area is 443 Å². The summed E-state index contributed by atoms with van der Waals surface area (Å²) in [5, 5.41) is 2.54. The van der Waals surface area contributed by atoms with Crippen LogP contribution in [-0.2, 0) is 0 Å². The lowest BCUT2D eigenvalue weighted by molar-refractivity contribution is 0.628. The molecule has 0 fully saturated rings. The van der Waals surface area contributed by atoms with Crippen molar-refractivity contribution in [3.63, 3.8) is 0 Å². The summed E-state index contributed by atoms with van der Waals surface area (Å²) >= 11 is 0. The standard InChI is InChI=1S/C67H39F4N7/c68-47-13-21-64-53(36-47)54-37-48(69)14-22-65(54)77(64)51-17-9-40(10-18-51)45-32-58(42-6-2-1-3-7-42)75-62(34-45)59-30-43(25-28-73-59)44-26-29-74-60(31-44)63-35-46(33-61(76-63)57-8-4-5-27-72-57)41-11-19-52(20-12-41)78-66-23-15-49(70)38-55(66)56-39-50(71)16-24-67(56)78/h1-39H. The highest BCUT2D eigenvalue weighted by atomic mass is 19.1. The van der Waals surface area contributed by atoms with E-state index in [4.69, 9.17) is 19.9 Å². The predicted molar refractivity (Wildman–Crippen MR) is 302 cm³/mol. The van der Waals surface area contributed by atoms with E-state index in [0.29, 0.717) is 55.7 Å². The molecule has 0 aliphatic carbocycles. The van der Waals surface area contributed by atoms with Crippen LogP contribution in [-0.4, -0.2) is 34.1 Å². The topological polar surface area (TPSA) is 74.3 Å². The second-order valence-corrected chi connectivity index (χ2v) is 19.1. The quantitative estimate of drug-likeness (QED) is 0.135. The number of rotatable bonds is 9. The van der Waals surface area contributed by atoms with Gasteiger partial charge in [-0.05, 0) is 191 Å². The largest absolute Gasteiger partial charge is 0.309 e. The van der Waals surface area contributed by atoms with Crippen LogP contribution >= 0.6 is 0 Å². The Balaban J connectivity index is 0.818. The van der Waals surface area contributed by atoms with Gasteiger partial charge in [0.05, 0.1) is 61.9 Å². The van der Waals surface area contributed by atoms with Crippen LogP contribution in [0.25, 0.3) is 134 Å². The number of halogens is 4. The van der Waals surface area contributed by atoms with Gasteiger partial charge in [0.2, 0.25) is 0 Å². The molecule has 0 saturated carbocycles. The lowest BCUT2D eigenvalue weighted by Gasteiger charge is -2.13. The molecule has 14 rings (SSSR count). The van der Waals surface area contributed by atoms with Gasteiger partial charge in [-0.1, -0.05) is 60.7 Å². The number of fused-ring (bicyclic) bond motifs is 6. The average Bonchev–Trinajstić information content (AvgIpc) is 4.04. The highest BCUT2D eigenvalue weighted by Gasteiger charge is 2.19. The van der Waals surface area contributed by atoms with Crippen LogP contribution in [0.4, 0.5) is 17.6 Å². The molecule has 7 heterocycles. The molecule has 0 N–H and O–H groups in total. The molecule has 0 amide bonds. The van der Waals surface area contributed by atoms with Crippen LogP contribution in [0.1, 0.15) is 0 Å². The third kappa shape index (κ3) is 8.30. The second kappa shape index (κ2) is 18.8. The zero-order valence-electron chi connectivity index (χ0n) is 41.2. The molecule has 370 valence electrons. The number of aromatic nitrogens is 7. The summed E-state index contributed by atoms with van der Waals surface area (Å²) in [5.41, 5.74) is 16.0. The van der Waals surface area contributed by atoms with E-state index in [1.807, 2.05) is 137 Å². The fourth-order valence-electron chi connectivity index (χ4n) is 10.7. The summed E-state index contributed by atoms with van der Waals surface area (Å²) in [7, 11) is 0. The Morgan fingerprint density at radius 2 is 0.615 bits per heavy atom. The van der Waals surface area contributed by atoms with Crippen LogP contribution in [0.15, 0.2) is 237 Å². The second-order valence-electron chi connectivity index (χ2n) is 19.1. The van der Waals surface area contributed by atoms with Gasteiger partial charge >= 0.3 is 0 Å². The molecule has 0 spiro atoms. The molecular weight excluding hydrogens is 979 g/mol. The summed E-state index contributed by atoms with van der Waals surface area (Å²) in [5.74, 6) is -1.54. The molecule has 0 saturated heterocycles. The summed E-state index contributed by atoms with van der Waals surface area (Å²) in [6.07, 6.45) is 5.31. The molecular formula is C67H39F4N7. The number of hydrogen-bond donors (Lipinski definition) is 0. The number of pyridine rings is 5. The minimum atomic E-state index is -0.387. The fraction of sp³-hybridized carbons (Fsp3) is 0. The van der Waals surface area contributed by atoms with E-state index in [1.165, 1.54) is 48.5 Å². The van der Waals surface area contributed by atoms with E-state index in [2.05, 4.69) is 23.2 Å². The van der Waals surface area contributed by atoms with Crippen molar-refractivity contribution >= 4 is 43.6 Å². The molecule has 0 radical (unpaired) electrons. The van der Waals surface area contributed by atoms with E-state index in [9.17, 15) is 17.6 Å². The van der Waals surface area contributed by atoms with Gasteiger partial charge in [-0.2, -0.15) is 0 Å². The molecule has 7 aromatic heterocycles. The van der Waals surface area contributed by atoms with Gasteiger partial charge < -0.3 is 9.13 Å². The molecule has 78 heavy (non-hydrogen) atoms. The molecule has 7 nitrogen and oxygen atoms in total. The van der Waals surface area contributed by atoms with Gasteiger partial charge in [-0.15, -0.1) is 0 Å². The van der Waals surface area contributed by atoms with Crippen molar-refractivity contribution in [2.75, 3.05) is 0 Å². The van der Waals surface area contributed by atoms with E-state index < -0.39 is 0 Å². The lowest BCUT2D eigenvalue weighted by Crippen LogP contribution is -1.96. The summed E-state index contributed by atoms with van der Waals surface area (Å²) in [6.45, 7) is 0. The normalized spacial score (nSPS) is 11.6. The first-order valence-electron chi connectivity index (χ1n) is 25.2. The summed E-state index contributed by atoms with van der Waals surface area (Å²) < 4.78 is 62.1. The van der Waals surface area contributed by atoms with Crippen molar-refractivity contribution in [2.24, 2.45) is 0 Å². The molecule has 0 aliphatic rings. The van der Waals surface area contributed by atoms with Crippen molar-refractivity contribution in [2.45, 2.75) is 0 Å². The van der Waals surface area contributed by atoms with Crippen molar-refractivity contribution in [1.29, 1.82) is 0 Å². The fourth-order valence-corrected chi connectivity index (χ4v) is 10.7. The van der Waals surface area contributed by atoms with Crippen molar-refractivity contribution in [3.8, 4) is 90.2 Å². The minimum Gasteiger partial charge on any atom is -0.309 e. The molecule has 0 aliphatic heterocycles. The highest BCUT2D eigenvalue weighted by Crippen LogP contribution is 2.38. The first kappa shape index (κ1) is 46.2. The lowest BCUT2D eigenvalue weighted by atomic mass is 9.99. The zero-order valence-corrected chi connectivity index (χ0v) is 41.2. The van der Waals surface area contributed by atoms with Crippen molar-refractivity contribution < 1.29 is 17.6 Å². The maximum absolute atomic E-state index is 14.5. The number of hydrogen-bond acceptors (Lipinski definition) is 5. The van der Waals surface area contributed by atoms with Gasteiger partial charge in [0, 0.05) is 57.1 Å². The predicted octanol–water partition coefficient (Wildman–Crippen LogP) is 17.1. The zero-order chi connectivity index (χ0) is 52.4. The maximum Gasteiger partial charge on any atom is 0.123 e. The Kier molecular flexibility index (Phi) is 11.1. The monoisotopic (exact) mass is 1020 g/mol. The van der Waals surface area contributed by atoms with E-state index >= 15 is 0 Å². The van der Waals surface area contributed by atoms with Crippen LogP contribution in [0.3, 0.4) is 0 Å². The molecule has 7 aromatic carbocycles. The molecule has 0 atom stereocenters. The maximum atomic E-state index is 14.5. The van der Waals surface area contributed by atoms with E-state index in [1.54, 1.807) is 42.9 Å². The summed E-state index contributed by atoms with van der Waals surface area (Å²) in [6, 6.07) is 66.5. The molecule has 14 aromatic rings. The Bertz CT molecular complexity index is 4240. The van der Waals surface area contributed by atoms with Crippen LogP contribution in [0.5, 0.6) is 0 Å². The smallest absolute Gasteiger partial charge is 0.123 e. The number of benzene rings is 7. The molecule has 0 unspecified atom stereocenters. The van der Waals surface area contributed by atoms with Gasteiger partial charge in [0.1, 0.15) is 23.3 Å².